The summed E-state index contributed by atoms with van der Waals surface area (Å²) in [6, 6.07) is 10.3. The Morgan fingerprint density at radius 1 is 1.07 bits per heavy atom. The molecule has 0 unspecified atom stereocenters. The van der Waals surface area contributed by atoms with Crippen LogP contribution in [0.5, 0.6) is 5.75 Å². The fourth-order valence-corrected chi connectivity index (χ4v) is 3.25. The first-order valence-corrected chi connectivity index (χ1v) is 9.44. The van der Waals surface area contributed by atoms with E-state index in [9.17, 15) is 0 Å². The third-order valence-corrected chi connectivity index (χ3v) is 4.71. The first-order valence-electron chi connectivity index (χ1n) is 9.44. The highest BCUT2D eigenvalue weighted by Crippen LogP contribution is 2.29. The number of aromatic nitrogens is 2. The zero-order chi connectivity index (χ0) is 19.2. The van der Waals surface area contributed by atoms with E-state index < -0.39 is 0 Å². The third-order valence-electron chi connectivity index (χ3n) is 4.71. The van der Waals surface area contributed by atoms with Crippen LogP contribution in [0.1, 0.15) is 5.69 Å². The first kappa shape index (κ1) is 19.2. The van der Waals surface area contributed by atoms with E-state index in [0.29, 0.717) is 5.95 Å². The SMILES string of the molecule is COc1ccccc1N1CCN(c2cc(C)nc(NCCN(C)C)n2)CC1. The fourth-order valence-electron chi connectivity index (χ4n) is 3.25. The van der Waals surface area contributed by atoms with Crippen molar-refractivity contribution >= 4 is 17.5 Å². The summed E-state index contributed by atoms with van der Waals surface area (Å²) in [5.41, 5.74) is 2.14. The molecule has 1 saturated heterocycles. The molecule has 1 N–H and O–H groups in total. The number of piperazine rings is 1. The highest BCUT2D eigenvalue weighted by atomic mass is 16.5. The van der Waals surface area contributed by atoms with E-state index in [0.717, 1.165) is 62.2 Å². The van der Waals surface area contributed by atoms with E-state index in [1.54, 1.807) is 7.11 Å². The van der Waals surface area contributed by atoms with E-state index in [2.05, 4.69) is 57.3 Å². The average Bonchev–Trinajstić information content (AvgIpc) is 2.67. The van der Waals surface area contributed by atoms with E-state index in [-0.39, 0.29) is 0 Å². The number of ether oxygens (including phenoxy) is 1. The van der Waals surface area contributed by atoms with Crippen LogP contribution in [0.15, 0.2) is 30.3 Å². The van der Waals surface area contributed by atoms with E-state index in [1.807, 2.05) is 19.1 Å². The van der Waals surface area contributed by atoms with Crippen molar-refractivity contribution in [3.8, 4) is 5.75 Å². The van der Waals surface area contributed by atoms with Gasteiger partial charge >= 0.3 is 0 Å². The average molecular weight is 371 g/mol. The monoisotopic (exact) mass is 370 g/mol. The number of nitrogens with one attached hydrogen (secondary N) is 1. The molecule has 3 rings (SSSR count). The lowest BCUT2D eigenvalue weighted by Gasteiger charge is -2.37. The summed E-state index contributed by atoms with van der Waals surface area (Å²) in [7, 11) is 5.85. The molecule has 0 spiro atoms. The molecule has 1 fully saturated rings. The molecule has 27 heavy (non-hydrogen) atoms. The van der Waals surface area contributed by atoms with Crippen LogP contribution in [0.2, 0.25) is 0 Å². The lowest BCUT2D eigenvalue weighted by Crippen LogP contribution is -2.47. The predicted molar refractivity (Wildman–Crippen MR) is 111 cm³/mol. The summed E-state index contributed by atoms with van der Waals surface area (Å²) in [5.74, 6) is 2.63. The normalized spacial score (nSPS) is 14.6. The van der Waals surface area contributed by atoms with Crippen LogP contribution in [0.4, 0.5) is 17.5 Å². The Balaban J connectivity index is 1.64. The summed E-state index contributed by atoms with van der Waals surface area (Å²) >= 11 is 0. The molecule has 146 valence electrons. The highest BCUT2D eigenvalue weighted by Gasteiger charge is 2.21. The van der Waals surface area contributed by atoms with E-state index >= 15 is 0 Å². The third kappa shape index (κ3) is 5.01. The number of likely N-dealkylation sites (N-methyl/N-ethyl adjacent to an activating group) is 1. The van der Waals surface area contributed by atoms with Crippen LogP contribution < -0.4 is 19.9 Å². The van der Waals surface area contributed by atoms with Crippen LogP contribution in [0.25, 0.3) is 0 Å². The molecule has 0 aliphatic carbocycles. The number of anilines is 3. The zero-order valence-corrected chi connectivity index (χ0v) is 16.8. The summed E-state index contributed by atoms with van der Waals surface area (Å²) in [5, 5.41) is 3.33. The van der Waals surface area contributed by atoms with Crippen molar-refractivity contribution in [3.63, 3.8) is 0 Å². The van der Waals surface area contributed by atoms with Crippen molar-refractivity contribution in [2.45, 2.75) is 6.92 Å². The molecule has 2 aromatic rings. The largest absolute Gasteiger partial charge is 0.495 e. The minimum atomic E-state index is 0.707. The smallest absolute Gasteiger partial charge is 0.224 e. The van der Waals surface area contributed by atoms with Gasteiger partial charge in [-0.1, -0.05) is 12.1 Å². The van der Waals surface area contributed by atoms with Crippen molar-refractivity contribution in [1.82, 2.24) is 14.9 Å². The van der Waals surface area contributed by atoms with E-state index in [4.69, 9.17) is 9.72 Å². The second kappa shape index (κ2) is 8.90. The van der Waals surface area contributed by atoms with Gasteiger partial charge in [0, 0.05) is 51.0 Å². The summed E-state index contributed by atoms with van der Waals surface area (Å²) in [4.78, 5) is 16.1. The number of nitrogens with zero attached hydrogens (tertiary/aromatic N) is 5. The Kier molecular flexibility index (Phi) is 6.34. The number of methoxy groups -OCH3 is 1. The summed E-state index contributed by atoms with van der Waals surface area (Å²) < 4.78 is 5.51. The fraction of sp³-hybridized carbons (Fsp3) is 0.500. The lowest BCUT2D eigenvalue weighted by atomic mass is 10.2. The van der Waals surface area contributed by atoms with Crippen LogP contribution in [-0.2, 0) is 0 Å². The number of benzene rings is 1. The minimum Gasteiger partial charge on any atom is -0.495 e. The molecule has 1 aliphatic heterocycles. The molecule has 0 amide bonds. The van der Waals surface area contributed by atoms with Gasteiger partial charge in [0.2, 0.25) is 5.95 Å². The van der Waals surface area contributed by atoms with Gasteiger partial charge in [-0.25, -0.2) is 4.98 Å². The first-order chi connectivity index (χ1) is 13.1. The quantitative estimate of drug-likeness (QED) is 0.801. The van der Waals surface area contributed by atoms with Crippen LogP contribution >= 0.6 is 0 Å². The van der Waals surface area contributed by atoms with Gasteiger partial charge in [-0.3, -0.25) is 0 Å². The van der Waals surface area contributed by atoms with Gasteiger partial charge in [0.25, 0.3) is 0 Å². The number of hydrogen-bond donors (Lipinski definition) is 1. The van der Waals surface area contributed by atoms with Crippen LogP contribution in [0, 0.1) is 6.92 Å². The Bertz CT molecular complexity index is 743. The molecule has 0 bridgehead atoms. The van der Waals surface area contributed by atoms with Crippen molar-refractivity contribution < 1.29 is 4.74 Å². The maximum absolute atomic E-state index is 5.51. The van der Waals surface area contributed by atoms with Gasteiger partial charge in [-0.2, -0.15) is 4.98 Å². The maximum atomic E-state index is 5.51. The Morgan fingerprint density at radius 2 is 1.78 bits per heavy atom. The number of hydrogen-bond acceptors (Lipinski definition) is 7. The molecule has 7 nitrogen and oxygen atoms in total. The Morgan fingerprint density at radius 3 is 2.48 bits per heavy atom. The number of para-hydroxylation sites is 2. The second-order valence-corrected chi connectivity index (χ2v) is 7.07. The van der Waals surface area contributed by atoms with Crippen molar-refractivity contribution in [2.75, 3.05) is 75.6 Å². The van der Waals surface area contributed by atoms with Gasteiger partial charge in [0.1, 0.15) is 11.6 Å². The molecular weight excluding hydrogens is 340 g/mol. The van der Waals surface area contributed by atoms with Crippen LogP contribution in [0.3, 0.4) is 0 Å². The van der Waals surface area contributed by atoms with Crippen molar-refractivity contribution in [1.29, 1.82) is 0 Å². The van der Waals surface area contributed by atoms with E-state index in [1.165, 1.54) is 0 Å². The second-order valence-electron chi connectivity index (χ2n) is 7.07. The molecule has 0 saturated carbocycles. The number of rotatable bonds is 7. The summed E-state index contributed by atoms with van der Waals surface area (Å²) in [6.07, 6.45) is 0. The molecular formula is C20H30N6O. The Hall–Kier alpha value is -2.54. The summed E-state index contributed by atoms with van der Waals surface area (Å²) in [6.45, 7) is 7.52. The van der Waals surface area contributed by atoms with Crippen molar-refractivity contribution in [2.24, 2.45) is 0 Å². The lowest BCUT2D eigenvalue weighted by molar-refractivity contribution is 0.413. The topological polar surface area (TPSA) is 56.8 Å². The Labute approximate surface area is 162 Å². The van der Waals surface area contributed by atoms with Gasteiger partial charge < -0.3 is 24.8 Å². The molecule has 0 radical (unpaired) electrons. The van der Waals surface area contributed by atoms with Gasteiger partial charge in [0.05, 0.1) is 12.8 Å². The van der Waals surface area contributed by atoms with Gasteiger partial charge in [0.15, 0.2) is 0 Å². The maximum Gasteiger partial charge on any atom is 0.224 e. The zero-order valence-electron chi connectivity index (χ0n) is 16.8. The molecule has 7 heteroatoms. The van der Waals surface area contributed by atoms with Gasteiger partial charge in [-0.15, -0.1) is 0 Å². The molecule has 1 aliphatic rings. The highest BCUT2D eigenvalue weighted by molar-refractivity contribution is 5.59. The minimum absolute atomic E-state index is 0.707. The molecule has 1 aromatic carbocycles. The van der Waals surface area contributed by atoms with Crippen molar-refractivity contribution in [3.05, 3.63) is 36.0 Å². The predicted octanol–water partition coefficient (Wildman–Crippen LogP) is 2.09. The molecule has 1 aromatic heterocycles. The molecule has 0 atom stereocenters. The van der Waals surface area contributed by atoms with Crippen LogP contribution in [-0.4, -0.2) is 75.3 Å². The number of aryl methyl sites for hydroxylation is 1. The standard InChI is InChI=1S/C20H30N6O/c1-16-15-19(23-20(22-16)21-9-10-24(2)3)26-13-11-25(12-14-26)17-7-5-6-8-18(17)27-4/h5-8,15H,9-14H2,1-4H3,(H,21,22,23). The molecule has 2 heterocycles. The van der Waals surface area contributed by atoms with Gasteiger partial charge in [-0.05, 0) is 33.2 Å².